The predicted octanol–water partition coefficient (Wildman–Crippen LogP) is 1.49. The summed E-state index contributed by atoms with van der Waals surface area (Å²) in [5.41, 5.74) is 0.772. The molecule has 0 aliphatic heterocycles. The van der Waals surface area contributed by atoms with Crippen molar-refractivity contribution < 1.29 is 4.52 Å². The van der Waals surface area contributed by atoms with Crippen molar-refractivity contribution in [2.24, 2.45) is 0 Å². The largest absolute Gasteiger partial charge is 0.333 e. The van der Waals surface area contributed by atoms with Crippen LogP contribution in [-0.2, 0) is 0 Å². The van der Waals surface area contributed by atoms with E-state index >= 15 is 0 Å². The molecule has 3 rings (SSSR count). The summed E-state index contributed by atoms with van der Waals surface area (Å²) in [4.78, 5) is 22.0. The van der Waals surface area contributed by atoms with Gasteiger partial charge in [0.15, 0.2) is 0 Å². The maximum Gasteiger partial charge on any atom is 0.265 e. The fraction of sp³-hybridized carbons (Fsp3) is 0. The zero-order valence-corrected chi connectivity index (χ0v) is 9.20. The van der Waals surface area contributed by atoms with Gasteiger partial charge < -0.3 is 9.51 Å². The molecule has 3 aromatic rings. The molecule has 0 spiro atoms. The van der Waals surface area contributed by atoms with E-state index in [2.05, 4.69) is 20.1 Å². The molecule has 0 radical (unpaired) electrons. The molecule has 1 N–H and O–H groups in total. The quantitative estimate of drug-likeness (QED) is 0.733. The fourth-order valence-corrected chi connectivity index (χ4v) is 1.53. The number of nitrogens with one attached hydrogen (secondary N) is 1. The molecule has 1 aromatic carbocycles. The van der Waals surface area contributed by atoms with Gasteiger partial charge in [0.1, 0.15) is 5.56 Å². The van der Waals surface area contributed by atoms with Gasteiger partial charge in [-0.25, -0.2) is 4.98 Å². The van der Waals surface area contributed by atoms with E-state index in [0.717, 1.165) is 5.56 Å². The number of benzene rings is 1. The van der Waals surface area contributed by atoms with Crippen LogP contribution in [0.15, 0.2) is 52.2 Å². The smallest absolute Gasteiger partial charge is 0.265 e. The predicted molar refractivity (Wildman–Crippen MR) is 63.6 cm³/mol. The monoisotopic (exact) mass is 240 g/mol. The van der Waals surface area contributed by atoms with E-state index in [1.54, 1.807) is 0 Å². The lowest BCUT2D eigenvalue weighted by molar-refractivity contribution is 0.431. The van der Waals surface area contributed by atoms with Gasteiger partial charge in [-0.2, -0.15) is 4.98 Å². The van der Waals surface area contributed by atoms with Crippen LogP contribution in [-0.4, -0.2) is 20.1 Å². The van der Waals surface area contributed by atoms with Crippen LogP contribution >= 0.6 is 0 Å². The first-order valence-corrected chi connectivity index (χ1v) is 5.27. The first-order chi connectivity index (χ1) is 8.84. The van der Waals surface area contributed by atoms with Crippen molar-refractivity contribution in [1.29, 1.82) is 0 Å². The van der Waals surface area contributed by atoms with Crippen LogP contribution in [0.1, 0.15) is 0 Å². The molecule has 2 aromatic heterocycles. The molecule has 0 bridgehead atoms. The van der Waals surface area contributed by atoms with Gasteiger partial charge >= 0.3 is 0 Å². The number of aromatic nitrogens is 4. The van der Waals surface area contributed by atoms with E-state index in [9.17, 15) is 4.79 Å². The SMILES string of the molecule is O=c1[nH]cncc1-c1nc(-c2ccccc2)no1. The molecule has 0 saturated carbocycles. The van der Waals surface area contributed by atoms with Crippen molar-refractivity contribution in [3.63, 3.8) is 0 Å². The number of nitrogens with zero attached hydrogens (tertiary/aromatic N) is 3. The average molecular weight is 240 g/mol. The van der Waals surface area contributed by atoms with Crippen molar-refractivity contribution in [1.82, 2.24) is 20.1 Å². The van der Waals surface area contributed by atoms with Crippen LogP contribution in [0.25, 0.3) is 22.8 Å². The van der Waals surface area contributed by atoms with Crippen LogP contribution in [0.2, 0.25) is 0 Å². The van der Waals surface area contributed by atoms with Gasteiger partial charge in [-0.1, -0.05) is 35.5 Å². The maximum absolute atomic E-state index is 11.5. The number of H-pyrrole nitrogens is 1. The fourth-order valence-electron chi connectivity index (χ4n) is 1.53. The Morgan fingerprint density at radius 3 is 2.78 bits per heavy atom. The van der Waals surface area contributed by atoms with Gasteiger partial charge in [-0.05, 0) is 0 Å². The van der Waals surface area contributed by atoms with E-state index in [0.29, 0.717) is 5.82 Å². The highest BCUT2D eigenvalue weighted by atomic mass is 16.5. The minimum absolute atomic E-state index is 0.156. The molecule has 0 saturated heterocycles. The molecule has 6 nitrogen and oxygen atoms in total. The second-order valence-corrected chi connectivity index (χ2v) is 3.58. The lowest BCUT2D eigenvalue weighted by Crippen LogP contribution is -2.08. The molecule has 88 valence electrons. The van der Waals surface area contributed by atoms with E-state index in [1.165, 1.54) is 12.5 Å². The Kier molecular flexibility index (Phi) is 2.45. The molecule has 0 amide bonds. The molecular weight excluding hydrogens is 232 g/mol. The normalized spacial score (nSPS) is 10.4. The van der Waals surface area contributed by atoms with Crippen molar-refractivity contribution in [2.45, 2.75) is 0 Å². The number of aromatic amines is 1. The lowest BCUT2D eigenvalue weighted by atomic mass is 10.2. The van der Waals surface area contributed by atoms with Crippen LogP contribution in [0.5, 0.6) is 0 Å². The number of hydrogen-bond donors (Lipinski definition) is 1. The third kappa shape index (κ3) is 1.80. The van der Waals surface area contributed by atoms with Crippen LogP contribution in [0.4, 0.5) is 0 Å². The second-order valence-electron chi connectivity index (χ2n) is 3.58. The highest BCUT2D eigenvalue weighted by Gasteiger charge is 2.13. The summed E-state index contributed by atoms with van der Waals surface area (Å²) in [5.74, 6) is 0.594. The summed E-state index contributed by atoms with van der Waals surface area (Å²) in [5, 5.41) is 3.84. The lowest BCUT2D eigenvalue weighted by Gasteiger charge is -1.91. The Morgan fingerprint density at radius 2 is 2.00 bits per heavy atom. The minimum Gasteiger partial charge on any atom is -0.333 e. The highest BCUT2D eigenvalue weighted by Crippen LogP contribution is 2.18. The van der Waals surface area contributed by atoms with E-state index in [1.807, 2.05) is 30.3 Å². The Labute approximate surface area is 101 Å². The van der Waals surface area contributed by atoms with Crippen LogP contribution < -0.4 is 5.56 Å². The molecule has 18 heavy (non-hydrogen) atoms. The van der Waals surface area contributed by atoms with Crippen LogP contribution in [0, 0.1) is 0 Å². The Balaban J connectivity index is 2.06. The molecule has 0 fully saturated rings. The van der Waals surface area contributed by atoms with Gasteiger partial charge in [0.25, 0.3) is 11.4 Å². The summed E-state index contributed by atoms with van der Waals surface area (Å²) in [6.45, 7) is 0. The van der Waals surface area contributed by atoms with Gasteiger partial charge in [0.05, 0.1) is 6.33 Å². The van der Waals surface area contributed by atoms with Gasteiger partial charge in [0, 0.05) is 11.8 Å². The maximum atomic E-state index is 11.5. The molecule has 6 heteroatoms. The Morgan fingerprint density at radius 1 is 1.17 bits per heavy atom. The van der Waals surface area contributed by atoms with Gasteiger partial charge in [-0.3, -0.25) is 4.79 Å². The van der Waals surface area contributed by atoms with E-state index in [4.69, 9.17) is 4.52 Å². The molecule has 0 aliphatic rings. The summed E-state index contributed by atoms with van der Waals surface area (Å²) in [6, 6.07) is 9.38. The van der Waals surface area contributed by atoms with Crippen molar-refractivity contribution >= 4 is 0 Å². The third-order valence-corrected chi connectivity index (χ3v) is 2.41. The zero-order valence-electron chi connectivity index (χ0n) is 9.20. The standard InChI is InChI=1S/C12H8N4O2/c17-11-9(6-13-7-14-11)12-15-10(16-18-12)8-4-2-1-3-5-8/h1-7H,(H,13,14,17). The first kappa shape index (κ1) is 10.4. The number of hydrogen-bond acceptors (Lipinski definition) is 5. The Bertz CT molecular complexity index is 718. The summed E-state index contributed by atoms with van der Waals surface area (Å²) < 4.78 is 5.06. The van der Waals surface area contributed by atoms with Crippen molar-refractivity contribution in [3.05, 3.63) is 53.2 Å². The van der Waals surface area contributed by atoms with Gasteiger partial charge in [-0.15, -0.1) is 0 Å². The zero-order chi connectivity index (χ0) is 12.4. The summed E-state index contributed by atoms with van der Waals surface area (Å²) in [6.07, 6.45) is 2.70. The highest BCUT2D eigenvalue weighted by molar-refractivity contribution is 5.58. The topological polar surface area (TPSA) is 84.7 Å². The Hall–Kier alpha value is -2.76. The van der Waals surface area contributed by atoms with Crippen molar-refractivity contribution in [2.75, 3.05) is 0 Å². The molecule has 2 heterocycles. The third-order valence-electron chi connectivity index (χ3n) is 2.41. The van der Waals surface area contributed by atoms with E-state index < -0.39 is 0 Å². The molecule has 0 aliphatic carbocycles. The van der Waals surface area contributed by atoms with E-state index in [-0.39, 0.29) is 17.0 Å². The summed E-state index contributed by atoms with van der Waals surface area (Å²) >= 11 is 0. The average Bonchev–Trinajstić information content (AvgIpc) is 2.90. The second kappa shape index (κ2) is 4.25. The molecule has 0 unspecified atom stereocenters. The van der Waals surface area contributed by atoms with Crippen molar-refractivity contribution in [3.8, 4) is 22.8 Å². The molecular formula is C12H8N4O2. The minimum atomic E-state index is -0.312. The van der Waals surface area contributed by atoms with Crippen LogP contribution in [0.3, 0.4) is 0 Å². The first-order valence-electron chi connectivity index (χ1n) is 5.27. The number of rotatable bonds is 2. The molecule has 0 atom stereocenters. The van der Waals surface area contributed by atoms with Gasteiger partial charge in [0.2, 0.25) is 5.82 Å². The summed E-state index contributed by atoms with van der Waals surface area (Å²) in [7, 11) is 0.